The molecule has 136 valence electrons. The number of hydrogen-bond donors (Lipinski definition) is 2. The third-order valence-electron chi connectivity index (χ3n) is 3.54. The second-order valence-corrected chi connectivity index (χ2v) is 5.55. The van der Waals surface area contributed by atoms with E-state index < -0.39 is 29.7 Å². The first-order valence-electron chi connectivity index (χ1n) is 7.68. The molecule has 1 atom stereocenters. The minimum absolute atomic E-state index is 0.0965. The van der Waals surface area contributed by atoms with E-state index in [1.54, 1.807) is 30.3 Å². The lowest BCUT2D eigenvalue weighted by Gasteiger charge is -2.13. The maximum atomic E-state index is 12.7. The predicted molar refractivity (Wildman–Crippen MR) is 90.2 cm³/mol. The van der Waals surface area contributed by atoms with Crippen LogP contribution >= 0.6 is 0 Å². The summed E-state index contributed by atoms with van der Waals surface area (Å²) < 4.78 is 38.0. The van der Waals surface area contributed by atoms with Crippen LogP contribution < -0.4 is 5.32 Å². The Morgan fingerprint density at radius 3 is 2.38 bits per heavy atom. The molecule has 2 aromatic rings. The molecule has 0 saturated heterocycles. The van der Waals surface area contributed by atoms with Crippen LogP contribution in [0.2, 0.25) is 0 Å². The van der Waals surface area contributed by atoms with Gasteiger partial charge in [0.15, 0.2) is 0 Å². The zero-order valence-corrected chi connectivity index (χ0v) is 13.5. The number of rotatable bonds is 6. The summed E-state index contributed by atoms with van der Waals surface area (Å²) in [4.78, 5) is 23.2. The number of halogens is 3. The van der Waals surface area contributed by atoms with Crippen molar-refractivity contribution in [1.82, 2.24) is 5.32 Å². The molecular weight excluding hydrogens is 347 g/mol. The molecule has 0 fully saturated rings. The van der Waals surface area contributed by atoms with Crippen LogP contribution in [0.15, 0.2) is 60.7 Å². The van der Waals surface area contributed by atoms with Crippen molar-refractivity contribution < 1.29 is 27.9 Å². The lowest BCUT2D eigenvalue weighted by Crippen LogP contribution is -2.41. The maximum Gasteiger partial charge on any atom is 0.416 e. The molecule has 0 aliphatic rings. The number of carbonyl (C=O) groups is 2. The van der Waals surface area contributed by atoms with E-state index in [9.17, 15) is 27.9 Å². The van der Waals surface area contributed by atoms with Gasteiger partial charge in [0.2, 0.25) is 5.91 Å². The standard InChI is InChI=1S/C19H16F3NO3/c20-19(21,22)15-8-4-7-14(11-15)9-10-17(24)23-16(18(25)26)12-13-5-2-1-3-6-13/h1-11,16H,12H2,(H,23,24)(H,25,26)/t16-/m0/s1. The van der Waals surface area contributed by atoms with Crippen molar-refractivity contribution in [3.63, 3.8) is 0 Å². The highest BCUT2D eigenvalue weighted by atomic mass is 19.4. The Morgan fingerprint density at radius 2 is 1.77 bits per heavy atom. The molecule has 0 aliphatic heterocycles. The zero-order chi connectivity index (χ0) is 19.2. The van der Waals surface area contributed by atoms with E-state index in [2.05, 4.69) is 5.32 Å². The normalized spacial score (nSPS) is 12.7. The predicted octanol–water partition coefficient (Wildman–Crippen LogP) is 3.53. The number of carboxylic acids is 1. The molecule has 0 aromatic heterocycles. The summed E-state index contributed by atoms with van der Waals surface area (Å²) in [6.45, 7) is 0. The molecule has 2 N–H and O–H groups in total. The molecular formula is C19H16F3NO3. The van der Waals surface area contributed by atoms with E-state index in [1.807, 2.05) is 0 Å². The number of benzene rings is 2. The average molecular weight is 363 g/mol. The van der Waals surface area contributed by atoms with E-state index in [1.165, 1.54) is 18.2 Å². The Morgan fingerprint density at radius 1 is 1.08 bits per heavy atom. The van der Waals surface area contributed by atoms with Gasteiger partial charge in [-0.25, -0.2) is 4.79 Å². The molecule has 0 radical (unpaired) electrons. The highest BCUT2D eigenvalue weighted by Gasteiger charge is 2.30. The van der Waals surface area contributed by atoms with E-state index in [4.69, 9.17) is 0 Å². The molecule has 2 aromatic carbocycles. The summed E-state index contributed by atoms with van der Waals surface area (Å²) in [5.41, 5.74) is 0.0968. The van der Waals surface area contributed by atoms with Crippen LogP contribution in [-0.4, -0.2) is 23.0 Å². The number of alkyl halides is 3. The van der Waals surface area contributed by atoms with Crippen molar-refractivity contribution in [3.8, 4) is 0 Å². The Hall–Kier alpha value is -3.09. The summed E-state index contributed by atoms with van der Waals surface area (Å²) in [6.07, 6.45) is -2.17. The molecule has 4 nitrogen and oxygen atoms in total. The molecule has 0 bridgehead atoms. The molecule has 2 rings (SSSR count). The number of aliphatic carboxylic acids is 1. The smallest absolute Gasteiger partial charge is 0.416 e. The Balaban J connectivity index is 2.04. The van der Waals surface area contributed by atoms with Crippen molar-refractivity contribution in [3.05, 3.63) is 77.4 Å². The Labute approximate surface area is 148 Å². The number of amides is 1. The maximum absolute atomic E-state index is 12.7. The number of nitrogens with one attached hydrogen (secondary N) is 1. The van der Waals surface area contributed by atoms with Crippen molar-refractivity contribution in [2.24, 2.45) is 0 Å². The lowest BCUT2D eigenvalue weighted by molar-refractivity contribution is -0.141. The molecule has 0 unspecified atom stereocenters. The van der Waals surface area contributed by atoms with Gasteiger partial charge >= 0.3 is 12.1 Å². The summed E-state index contributed by atoms with van der Waals surface area (Å²) in [7, 11) is 0. The topological polar surface area (TPSA) is 66.4 Å². The minimum atomic E-state index is -4.48. The van der Waals surface area contributed by atoms with Gasteiger partial charge in [-0.2, -0.15) is 13.2 Å². The van der Waals surface area contributed by atoms with Crippen molar-refractivity contribution in [2.45, 2.75) is 18.6 Å². The van der Waals surface area contributed by atoms with Gasteiger partial charge in [0, 0.05) is 12.5 Å². The molecule has 0 heterocycles. The summed E-state index contributed by atoms with van der Waals surface area (Å²) >= 11 is 0. The van der Waals surface area contributed by atoms with Gasteiger partial charge in [-0.05, 0) is 29.3 Å². The summed E-state index contributed by atoms with van der Waals surface area (Å²) in [5, 5.41) is 11.6. The fourth-order valence-electron chi connectivity index (χ4n) is 2.26. The molecule has 1 amide bonds. The van der Waals surface area contributed by atoms with E-state index in [-0.39, 0.29) is 12.0 Å². The fourth-order valence-corrected chi connectivity index (χ4v) is 2.26. The second-order valence-electron chi connectivity index (χ2n) is 5.55. The van der Waals surface area contributed by atoms with E-state index in [0.29, 0.717) is 0 Å². The third-order valence-corrected chi connectivity index (χ3v) is 3.54. The first kappa shape index (κ1) is 19.2. The van der Waals surface area contributed by atoms with E-state index >= 15 is 0 Å². The Bertz CT molecular complexity index is 801. The van der Waals surface area contributed by atoms with Crippen LogP contribution in [0.4, 0.5) is 13.2 Å². The number of hydrogen-bond acceptors (Lipinski definition) is 2. The molecule has 7 heteroatoms. The van der Waals surface area contributed by atoms with Crippen LogP contribution in [0.25, 0.3) is 6.08 Å². The number of carbonyl (C=O) groups excluding carboxylic acids is 1. The Kier molecular flexibility index (Phi) is 6.16. The molecule has 0 aliphatic carbocycles. The average Bonchev–Trinajstić information content (AvgIpc) is 2.60. The molecule has 0 spiro atoms. The van der Waals surface area contributed by atoms with Gasteiger partial charge < -0.3 is 10.4 Å². The first-order chi connectivity index (χ1) is 12.3. The van der Waals surface area contributed by atoms with Gasteiger partial charge in [0.25, 0.3) is 0 Å². The van der Waals surface area contributed by atoms with Gasteiger partial charge in [0.05, 0.1) is 5.56 Å². The fraction of sp³-hybridized carbons (Fsp3) is 0.158. The minimum Gasteiger partial charge on any atom is -0.480 e. The van der Waals surface area contributed by atoms with Crippen molar-refractivity contribution in [1.29, 1.82) is 0 Å². The SMILES string of the molecule is O=C(C=Cc1cccc(C(F)(F)F)c1)N[C@@H](Cc1ccccc1)C(=O)O. The van der Waals surface area contributed by atoms with Gasteiger partial charge in [-0.3, -0.25) is 4.79 Å². The quantitative estimate of drug-likeness (QED) is 0.772. The lowest BCUT2D eigenvalue weighted by atomic mass is 10.1. The monoisotopic (exact) mass is 363 g/mol. The highest BCUT2D eigenvalue weighted by Crippen LogP contribution is 2.29. The zero-order valence-electron chi connectivity index (χ0n) is 13.5. The first-order valence-corrected chi connectivity index (χ1v) is 7.68. The van der Waals surface area contributed by atoms with E-state index in [0.717, 1.165) is 23.8 Å². The summed E-state index contributed by atoms with van der Waals surface area (Å²) in [5.74, 6) is -1.90. The van der Waals surface area contributed by atoms with Gasteiger partial charge in [-0.1, -0.05) is 42.5 Å². The third kappa shape index (κ3) is 5.77. The molecule has 26 heavy (non-hydrogen) atoms. The van der Waals surface area contributed by atoms with Gasteiger partial charge in [-0.15, -0.1) is 0 Å². The van der Waals surface area contributed by atoms with Gasteiger partial charge in [0.1, 0.15) is 6.04 Å². The van der Waals surface area contributed by atoms with Crippen molar-refractivity contribution >= 4 is 18.0 Å². The van der Waals surface area contributed by atoms with Crippen LogP contribution in [-0.2, 0) is 22.2 Å². The van der Waals surface area contributed by atoms with Crippen LogP contribution in [0, 0.1) is 0 Å². The largest absolute Gasteiger partial charge is 0.480 e. The number of carboxylic acid groups (broad SMARTS) is 1. The second kappa shape index (κ2) is 8.33. The van der Waals surface area contributed by atoms with Crippen molar-refractivity contribution in [2.75, 3.05) is 0 Å². The van der Waals surface area contributed by atoms with Crippen LogP contribution in [0.5, 0.6) is 0 Å². The van der Waals surface area contributed by atoms with Crippen LogP contribution in [0.3, 0.4) is 0 Å². The van der Waals surface area contributed by atoms with Crippen LogP contribution in [0.1, 0.15) is 16.7 Å². The molecule has 0 saturated carbocycles. The highest BCUT2D eigenvalue weighted by molar-refractivity contribution is 5.94. The summed E-state index contributed by atoms with van der Waals surface area (Å²) in [6, 6.07) is 12.1.